The van der Waals surface area contributed by atoms with E-state index in [1.165, 1.54) is 39.2 Å². The van der Waals surface area contributed by atoms with Gasteiger partial charge in [0.25, 0.3) is 5.91 Å². The number of hydrogen-bond donors (Lipinski definition) is 18. The Morgan fingerprint density at radius 3 is 1.79 bits per heavy atom. The van der Waals surface area contributed by atoms with Crippen LogP contribution in [0.4, 0.5) is 5.69 Å². The number of unbranched alkanes of at least 4 members (excludes halogenated alkanes) is 1. The van der Waals surface area contributed by atoms with Crippen molar-refractivity contribution in [3.05, 3.63) is 126 Å². The third-order valence-electron chi connectivity index (χ3n) is 24.2. The molecule has 3 fully saturated rings. The van der Waals surface area contributed by atoms with E-state index in [-0.39, 0.29) is 106 Å². The van der Waals surface area contributed by atoms with Gasteiger partial charge in [0.15, 0.2) is 0 Å². The average Bonchev–Trinajstić information content (AvgIpc) is 1.06. The van der Waals surface area contributed by atoms with Gasteiger partial charge in [0.2, 0.25) is 94.5 Å². The Morgan fingerprint density at radius 1 is 0.582 bits per heavy atom. The van der Waals surface area contributed by atoms with E-state index in [1.54, 1.807) is 120 Å². The molecule has 2 aromatic heterocycles. The first kappa shape index (κ1) is 103. The summed E-state index contributed by atoms with van der Waals surface area (Å²) in [5.74, 6) is -17.6. The van der Waals surface area contributed by atoms with Gasteiger partial charge in [0.1, 0.15) is 103 Å². The Kier molecular flexibility index (Phi) is 36.4. The zero-order valence-electron chi connectivity index (χ0n) is 76.7. The molecule has 15 atom stereocenters. The number of aliphatic hydroxyl groups excluding tert-OH is 1. The molecule has 4 aliphatic heterocycles. The van der Waals surface area contributed by atoms with Gasteiger partial charge in [-0.3, -0.25) is 86.4 Å². The van der Waals surface area contributed by atoms with Crippen LogP contribution >= 0.6 is 11.8 Å². The number of benzene rings is 4. The first-order chi connectivity index (χ1) is 63.8. The summed E-state index contributed by atoms with van der Waals surface area (Å²) in [5, 5.41) is 50.2. The lowest BCUT2D eigenvalue weighted by molar-refractivity contribution is -0.150. The standard InChI is InChI=1S/C92H125N21O20S/c1-10-11-24-72-92(132)110(9)75(45-133-57-19-16-18-50(6)33-57)87(127)102-63(31-48(2)3)82(122)108-70(80(120)99-43-77(96)117)46-134-47-78(118)100-67-34-52-26-27-55(114)37-73(52)113(91(67)131)51(7)79(119)104-68(39-76(95)116)89(129)111-30-17-25-71(111)85(125)107-69(40-94)84(124)105-65(32-49(4)5)90(130)112-44-56(115)38-74(112)86(126)103-64(35-53-41-97-60-22-14-12-20-58(53)60)83(123)101-62(28-29-93)81(121)106-66(88(128)109(72)8)36-54-42-98-61-23-15-13-21-59(54)61/h12-16,18-23,26-27,33,37,41-42,48-49,51,56,62-72,74-75,97-98,114-115H,10-11,17,24-25,28-32,34-36,38-40,43-47,93-94H2,1-9H3,(H2,95,116)(H2,96,117)(H,99,120)(H,100,118)(H,101,123)(H,102,127)(H,103,126)(H,104,119)(H,105,124)(H,106,121)(H,107,125)(H,108,122)/t51-,56+,62-,63-,64-,65-,66-,67-,68-,69-,70-,71-,72-,74-,75-/m0/s1. The van der Waals surface area contributed by atoms with E-state index in [4.69, 9.17) is 27.7 Å². The Hall–Kier alpha value is -13.2. The number of anilines is 1. The number of phenols is 1. The number of nitrogens with two attached hydrogens (primary N) is 4. The number of aromatic amines is 2. The first-order valence-corrected chi connectivity index (χ1v) is 46.2. The van der Waals surface area contributed by atoms with Crippen molar-refractivity contribution < 1.29 is 96.5 Å². The minimum atomic E-state index is -1.80. The van der Waals surface area contributed by atoms with Gasteiger partial charge >= 0.3 is 0 Å². The minimum Gasteiger partial charge on any atom is -0.508 e. The maximum Gasteiger partial charge on any atom is 0.250 e. The lowest BCUT2D eigenvalue weighted by Gasteiger charge is -2.38. The van der Waals surface area contributed by atoms with Gasteiger partial charge in [-0.05, 0) is 123 Å². The Balaban J connectivity index is 1.02. The highest BCUT2D eigenvalue weighted by Gasteiger charge is 2.48. The number of aromatic hydroxyl groups is 1. The van der Waals surface area contributed by atoms with E-state index in [9.17, 15) is 58.2 Å². The zero-order valence-corrected chi connectivity index (χ0v) is 77.5. The largest absolute Gasteiger partial charge is 0.508 e. The molecule has 4 aromatic carbocycles. The number of thioether (sulfide) groups is 1. The molecule has 3 saturated heterocycles. The fraction of sp³-hybridized carbons (Fsp3) is 0.511. The molecule has 22 N–H and O–H groups in total. The Bertz CT molecular complexity index is 5320. The van der Waals surface area contributed by atoms with Crippen molar-refractivity contribution in [1.82, 2.24) is 82.7 Å². The summed E-state index contributed by atoms with van der Waals surface area (Å²) in [6.07, 6.45) is 0.564. The number of H-pyrrole nitrogens is 2. The molecule has 10 rings (SSSR count). The van der Waals surface area contributed by atoms with Crippen molar-refractivity contribution in [3.8, 4) is 11.5 Å². The monoisotopic (exact) mass is 1880 g/mol. The summed E-state index contributed by atoms with van der Waals surface area (Å²) in [5.41, 5.74) is 27.1. The van der Waals surface area contributed by atoms with Crippen molar-refractivity contribution in [2.45, 2.75) is 223 Å². The smallest absolute Gasteiger partial charge is 0.250 e. The molecule has 41 nitrogen and oxygen atoms in total. The summed E-state index contributed by atoms with van der Waals surface area (Å²) in [6, 6.07) is 3.36. The molecule has 17 amide bonds. The summed E-state index contributed by atoms with van der Waals surface area (Å²) >= 11 is 0.789. The normalized spacial score (nSPS) is 25.1. The summed E-state index contributed by atoms with van der Waals surface area (Å²) in [6.45, 7) is 9.25. The molecule has 4 aliphatic rings. The molecule has 0 saturated carbocycles. The topological polar surface area (TPSA) is 612 Å². The van der Waals surface area contributed by atoms with E-state index in [0.717, 1.165) is 41.8 Å². The van der Waals surface area contributed by atoms with Gasteiger partial charge in [0.05, 0.1) is 30.5 Å². The molecule has 0 aliphatic carbocycles. The number of primary amides is 2. The van der Waals surface area contributed by atoms with Crippen molar-refractivity contribution in [2.24, 2.45) is 34.8 Å². The molecule has 0 radical (unpaired) electrons. The number of carbonyl (C=O) groups is 17. The number of aromatic nitrogens is 2. The second-order valence-corrected chi connectivity index (χ2v) is 36.4. The van der Waals surface area contributed by atoms with Crippen molar-refractivity contribution in [2.75, 3.05) is 69.8 Å². The lowest BCUT2D eigenvalue weighted by Crippen LogP contribution is -2.62. The van der Waals surface area contributed by atoms with Crippen LogP contribution in [0.3, 0.4) is 0 Å². The Morgan fingerprint density at radius 2 is 1.16 bits per heavy atom. The van der Waals surface area contributed by atoms with Crippen molar-refractivity contribution >= 4 is 140 Å². The highest BCUT2D eigenvalue weighted by molar-refractivity contribution is 8.00. The lowest BCUT2D eigenvalue weighted by atomic mass is 9.95. The molecule has 6 aromatic rings. The third-order valence-corrected chi connectivity index (χ3v) is 25.2. The molecule has 0 spiro atoms. The predicted octanol–water partition coefficient (Wildman–Crippen LogP) is -1.71. The molecule has 6 heterocycles. The fourth-order valence-electron chi connectivity index (χ4n) is 17.2. The fourth-order valence-corrected chi connectivity index (χ4v) is 18.0. The van der Waals surface area contributed by atoms with E-state index in [2.05, 4.69) is 63.1 Å². The van der Waals surface area contributed by atoms with Crippen molar-refractivity contribution in [3.63, 3.8) is 0 Å². The number of carbonyl (C=O) groups excluding carboxylic acids is 17. The molecule has 2 bridgehead atoms. The maximum absolute atomic E-state index is 15.9. The van der Waals surface area contributed by atoms with Crippen LogP contribution in [0.25, 0.3) is 21.8 Å². The summed E-state index contributed by atoms with van der Waals surface area (Å²) in [4.78, 5) is 262. The van der Waals surface area contributed by atoms with Gasteiger partial charge in [-0.15, -0.1) is 11.8 Å². The SMILES string of the molecule is CCCC[C@H]1C(=O)N(C)[C@@H](COc2cccc(C)c2)C(=O)N[C@@H](CC(C)C)C(=O)N[C@H](C(=O)NCC(N)=O)CSCC(=O)N[C@H]2Cc3ccc(O)cc3N(C2=O)[C@@H](C)C(=O)N[C@@H](CC(N)=O)C(=O)N2CCC[C@H]2C(=O)N[C@@H](CN)C(=O)N[C@@H](CC(C)C)C(=O)N2C[C@H](O)C[C@H]2C(=O)N[C@@H](Cc2c[nH]c3ccccc23)C(=O)N[C@@H](CCN)C(=O)N[C@@H](Cc2c[nH]c3ccccc23)C(=O)N1C. The average molecular weight is 1880 g/mol. The molecule has 0 unspecified atom stereocenters. The second-order valence-electron chi connectivity index (χ2n) is 35.4. The molecule has 134 heavy (non-hydrogen) atoms. The van der Waals surface area contributed by atoms with Gasteiger partial charge in [-0.25, -0.2) is 0 Å². The number of para-hydroxylation sites is 2. The van der Waals surface area contributed by atoms with Crippen molar-refractivity contribution in [1.29, 1.82) is 0 Å². The second kappa shape index (κ2) is 47.4. The van der Waals surface area contributed by atoms with Crippen LogP contribution in [0.5, 0.6) is 11.5 Å². The number of likely N-dealkylation sites (N-methyl/N-ethyl adjacent to an activating group) is 2. The number of nitrogens with zero attached hydrogens (tertiary/aromatic N) is 5. The molecular formula is C92H125N21O20S. The highest BCUT2D eigenvalue weighted by atomic mass is 32.2. The van der Waals surface area contributed by atoms with Gasteiger partial charge in [0, 0.05) is 105 Å². The van der Waals surface area contributed by atoms with Crippen LogP contribution in [0, 0.1) is 18.8 Å². The quantitative estimate of drug-likeness (QED) is 0.0360. The minimum absolute atomic E-state index is 0.0144. The van der Waals surface area contributed by atoms with Crippen LogP contribution < -0.4 is 85.7 Å². The number of rotatable bonds is 22. The van der Waals surface area contributed by atoms with Crippen LogP contribution in [0.1, 0.15) is 128 Å². The molecule has 42 heteroatoms. The summed E-state index contributed by atoms with van der Waals surface area (Å²) < 4.78 is 6.30. The van der Waals surface area contributed by atoms with Gasteiger partial charge in [-0.1, -0.05) is 102 Å². The van der Waals surface area contributed by atoms with E-state index >= 15 is 33.6 Å². The number of nitrogens with one attached hydrogen (secondary N) is 12. The summed E-state index contributed by atoms with van der Waals surface area (Å²) in [7, 11) is 2.68. The molecular weight excluding hydrogens is 1750 g/mol. The van der Waals surface area contributed by atoms with Gasteiger partial charge < -0.3 is 121 Å². The van der Waals surface area contributed by atoms with E-state index in [0.29, 0.717) is 51.3 Å². The number of phenolic OH excluding ortho intramolecular Hbond substituents is 1. The van der Waals surface area contributed by atoms with E-state index < -0.39 is 235 Å². The predicted molar refractivity (Wildman–Crippen MR) is 495 cm³/mol. The van der Waals surface area contributed by atoms with Crippen LogP contribution in [-0.4, -0.2) is 296 Å². The van der Waals surface area contributed by atoms with Crippen LogP contribution in [0.2, 0.25) is 0 Å². The van der Waals surface area contributed by atoms with Gasteiger partial charge in [-0.2, -0.15) is 0 Å². The maximum atomic E-state index is 15.9. The van der Waals surface area contributed by atoms with Crippen LogP contribution in [-0.2, 0) is 101 Å². The molecule has 724 valence electrons. The number of aryl methyl sites for hydroxylation is 1. The Labute approximate surface area is 779 Å². The third kappa shape index (κ3) is 26.6. The number of amides is 17. The number of hydrogen-bond acceptors (Lipinski definition) is 23. The first-order valence-electron chi connectivity index (χ1n) is 45.1. The number of ether oxygens (including phenoxy) is 1. The van der Waals surface area contributed by atoms with E-state index in [1.807, 2.05) is 6.92 Å². The number of aliphatic hydroxyl groups is 1. The zero-order chi connectivity index (χ0) is 97.6. The van der Waals surface area contributed by atoms with Crippen LogP contribution in [0.15, 0.2) is 103 Å². The highest BCUT2D eigenvalue weighted by Crippen LogP contribution is 2.35. The number of fused-ring (bicyclic) bond motifs is 8.